The lowest BCUT2D eigenvalue weighted by Gasteiger charge is -2.31. The first kappa shape index (κ1) is 16.9. The highest BCUT2D eigenvalue weighted by Gasteiger charge is 2.23. The maximum absolute atomic E-state index is 12.3. The molecule has 1 aliphatic heterocycles. The fourth-order valence-electron chi connectivity index (χ4n) is 2.96. The predicted molar refractivity (Wildman–Crippen MR) is 89.6 cm³/mol. The zero-order valence-electron chi connectivity index (χ0n) is 14.0. The normalized spacial score (nSPS) is 15.2. The molecule has 1 saturated heterocycles. The first-order valence-corrected chi connectivity index (χ1v) is 8.21. The second-order valence-electron chi connectivity index (χ2n) is 6.07. The summed E-state index contributed by atoms with van der Waals surface area (Å²) in [5, 5.41) is 6.68. The van der Waals surface area contributed by atoms with E-state index in [1.807, 2.05) is 18.2 Å². The lowest BCUT2D eigenvalue weighted by Crippen LogP contribution is -2.47. The van der Waals surface area contributed by atoms with Crippen molar-refractivity contribution in [1.29, 1.82) is 0 Å². The average Bonchev–Trinajstić information content (AvgIpc) is 2.97. The first-order chi connectivity index (χ1) is 12.0. The summed E-state index contributed by atoms with van der Waals surface area (Å²) >= 11 is 0. The molecule has 2 aromatic rings. The molecule has 25 heavy (non-hydrogen) atoms. The molecule has 1 N–H and O–H groups in total. The van der Waals surface area contributed by atoms with Crippen LogP contribution in [0.25, 0.3) is 11.4 Å². The van der Waals surface area contributed by atoms with Gasteiger partial charge < -0.3 is 10.2 Å². The standard InChI is InChI=1S/C17H20N4O4/c1-12(22)20-9-7-14(8-10-20)18-15(23)11-21-16(19-25-17(21)24)13-5-3-2-4-6-13/h2-6,14H,7-11H2,1H3,(H,18,23). The van der Waals surface area contributed by atoms with Gasteiger partial charge in [-0.2, -0.15) is 0 Å². The second kappa shape index (κ2) is 7.33. The summed E-state index contributed by atoms with van der Waals surface area (Å²) < 4.78 is 5.93. The average molecular weight is 344 g/mol. The molecule has 0 radical (unpaired) electrons. The van der Waals surface area contributed by atoms with Crippen LogP contribution in [0.3, 0.4) is 0 Å². The topological polar surface area (TPSA) is 97.4 Å². The van der Waals surface area contributed by atoms with Crippen molar-refractivity contribution in [2.75, 3.05) is 13.1 Å². The molecule has 1 aliphatic rings. The van der Waals surface area contributed by atoms with Crippen LogP contribution in [0.1, 0.15) is 19.8 Å². The van der Waals surface area contributed by atoms with Crippen LogP contribution in [0, 0.1) is 0 Å². The van der Waals surface area contributed by atoms with Gasteiger partial charge in [-0.05, 0) is 12.8 Å². The van der Waals surface area contributed by atoms with E-state index in [0.29, 0.717) is 37.3 Å². The van der Waals surface area contributed by atoms with Crippen LogP contribution in [0.2, 0.25) is 0 Å². The highest BCUT2D eigenvalue weighted by molar-refractivity contribution is 5.77. The molecular weight excluding hydrogens is 324 g/mol. The number of carbonyl (C=O) groups is 2. The molecule has 0 saturated carbocycles. The van der Waals surface area contributed by atoms with Gasteiger partial charge in [0.15, 0.2) is 5.82 Å². The maximum atomic E-state index is 12.3. The summed E-state index contributed by atoms with van der Waals surface area (Å²) in [6, 6.07) is 9.08. The van der Waals surface area contributed by atoms with Crippen LogP contribution >= 0.6 is 0 Å². The van der Waals surface area contributed by atoms with E-state index in [-0.39, 0.29) is 24.4 Å². The molecule has 0 bridgehead atoms. The molecule has 0 unspecified atom stereocenters. The highest BCUT2D eigenvalue weighted by Crippen LogP contribution is 2.15. The van der Waals surface area contributed by atoms with E-state index in [1.54, 1.807) is 24.0 Å². The summed E-state index contributed by atoms with van der Waals surface area (Å²) in [6.07, 6.45) is 1.41. The number of nitrogens with zero attached hydrogens (tertiary/aromatic N) is 3. The SMILES string of the molecule is CC(=O)N1CCC(NC(=O)Cn2c(-c3ccccc3)noc2=O)CC1. The predicted octanol–water partition coefficient (Wildman–Crippen LogP) is 0.630. The zero-order valence-corrected chi connectivity index (χ0v) is 14.0. The Balaban J connectivity index is 1.64. The molecule has 8 heteroatoms. The fourth-order valence-corrected chi connectivity index (χ4v) is 2.96. The van der Waals surface area contributed by atoms with Gasteiger partial charge >= 0.3 is 5.76 Å². The van der Waals surface area contributed by atoms with E-state index in [0.717, 1.165) is 0 Å². The van der Waals surface area contributed by atoms with Gasteiger partial charge in [-0.15, -0.1) is 0 Å². The number of rotatable bonds is 4. The number of amides is 2. The van der Waals surface area contributed by atoms with E-state index >= 15 is 0 Å². The van der Waals surface area contributed by atoms with Crippen molar-refractivity contribution in [2.45, 2.75) is 32.4 Å². The van der Waals surface area contributed by atoms with Gasteiger partial charge in [0.1, 0.15) is 6.54 Å². The summed E-state index contributed by atoms with van der Waals surface area (Å²) in [4.78, 5) is 37.3. The maximum Gasteiger partial charge on any atom is 0.442 e. The Morgan fingerprint density at radius 1 is 1.24 bits per heavy atom. The quantitative estimate of drug-likeness (QED) is 0.877. The van der Waals surface area contributed by atoms with Gasteiger partial charge in [0.05, 0.1) is 0 Å². The molecule has 2 amide bonds. The van der Waals surface area contributed by atoms with E-state index < -0.39 is 5.76 Å². The second-order valence-corrected chi connectivity index (χ2v) is 6.07. The van der Waals surface area contributed by atoms with Gasteiger partial charge in [-0.1, -0.05) is 35.5 Å². The summed E-state index contributed by atoms with van der Waals surface area (Å²) in [7, 11) is 0. The van der Waals surface area contributed by atoms with Crippen LogP contribution in [0.15, 0.2) is 39.6 Å². The summed E-state index contributed by atoms with van der Waals surface area (Å²) in [5.41, 5.74) is 0.705. The largest absolute Gasteiger partial charge is 0.442 e. The van der Waals surface area contributed by atoms with Crippen molar-refractivity contribution < 1.29 is 14.1 Å². The smallest absolute Gasteiger partial charge is 0.352 e. The van der Waals surface area contributed by atoms with Crippen LogP contribution in [0.4, 0.5) is 0 Å². The number of aromatic nitrogens is 2. The molecular formula is C17H20N4O4. The molecule has 0 atom stereocenters. The Morgan fingerprint density at radius 2 is 1.92 bits per heavy atom. The number of hydrogen-bond acceptors (Lipinski definition) is 5. The van der Waals surface area contributed by atoms with E-state index in [2.05, 4.69) is 10.5 Å². The summed E-state index contributed by atoms with van der Waals surface area (Å²) in [5.74, 6) is -0.565. The van der Waals surface area contributed by atoms with Crippen LogP contribution in [0.5, 0.6) is 0 Å². The number of nitrogens with one attached hydrogen (secondary N) is 1. The summed E-state index contributed by atoms with van der Waals surface area (Å²) in [6.45, 7) is 2.65. The fraction of sp³-hybridized carbons (Fsp3) is 0.412. The zero-order chi connectivity index (χ0) is 17.8. The Hall–Kier alpha value is -2.90. The molecule has 2 heterocycles. The highest BCUT2D eigenvalue weighted by atomic mass is 16.5. The third-order valence-electron chi connectivity index (χ3n) is 4.33. The Morgan fingerprint density at radius 3 is 2.56 bits per heavy atom. The Labute approximate surface area is 144 Å². The molecule has 3 rings (SSSR count). The van der Waals surface area contributed by atoms with Crippen molar-refractivity contribution >= 4 is 11.8 Å². The van der Waals surface area contributed by atoms with Crippen molar-refractivity contribution in [3.05, 3.63) is 40.9 Å². The number of benzene rings is 1. The number of hydrogen-bond donors (Lipinski definition) is 1. The molecule has 8 nitrogen and oxygen atoms in total. The van der Waals surface area contributed by atoms with Gasteiger partial charge in [0, 0.05) is 31.6 Å². The van der Waals surface area contributed by atoms with Crippen molar-refractivity contribution in [1.82, 2.24) is 19.9 Å². The Kier molecular flexibility index (Phi) is 4.97. The molecule has 0 spiro atoms. The lowest BCUT2D eigenvalue weighted by atomic mass is 10.1. The van der Waals surface area contributed by atoms with E-state index in [1.165, 1.54) is 4.57 Å². The molecule has 132 valence electrons. The molecule has 1 fully saturated rings. The van der Waals surface area contributed by atoms with E-state index in [4.69, 9.17) is 4.52 Å². The van der Waals surface area contributed by atoms with Gasteiger partial charge in [0.25, 0.3) is 0 Å². The first-order valence-electron chi connectivity index (χ1n) is 8.21. The minimum Gasteiger partial charge on any atom is -0.352 e. The number of piperidine rings is 1. The van der Waals surface area contributed by atoms with Crippen molar-refractivity contribution in [2.24, 2.45) is 0 Å². The minimum absolute atomic E-state index is 0.00108. The molecule has 1 aromatic heterocycles. The van der Waals surface area contributed by atoms with Gasteiger partial charge in [-0.3, -0.25) is 14.1 Å². The van der Waals surface area contributed by atoms with E-state index in [9.17, 15) is 14.4 Å². The number of carbonyl (C=O) groups excluding carboxylic acids is 2. The Bertz CT molecular complexity index is 804. The van der Waals surface area contributed by atoms with Crippen LogP contribution < -0.4 is 11.1 Å². The lowest BCUT2D eigenvalue weighted by molar-refractivity contribution is -0.130. The third-order valence-corrected chi connectivity index (χ3v) is 4.33. The van der Waals surface area contributed by atoms with Crippen molar-refractivity contribution in [3.63, 3.8) is 0 Å². The van der Waals surface area contributed by atoms with Gasteiger partial charge in [-0.25, -0.2) is 9.36 Å². The van der Waals surface area contributed by atoms with Crippen LogP contribution in [-0.2, 0) is 16.1 Å². The monoisotopic (exact) mass is 344 g/mol. The van der Waals surface area contributed by atoms with Crippen LogP contribution in [-0.4, -0.2) is 45.6 Å². The van der Waals surface area contributed by atoms with Gasteiger partial charge in [0.2, 0.25) is 11.8 Å². The number of likely N-dealkylation sites (tertiary alicyclic amines) is 1. The molecule has 0 aliphatic carbocycles. The minimum atomic E-state index is -0.666. The molecule has 1 aromatic carbocycles. The third kappa shape index (κ3) is 3.96. The van der Waals surface area contributed by atoms with Crippen molar-refractivity contribution in [3.8, 4) is 11.4 Å².